The first kappa shape index (κ1) is 10.8. The van der Waals surface area contributed by atoms with Gasteiger partial charge in [-0.25, -0.2) is 0 Å². The lowest BCUT2D eigenvalue weighted by atomic mass is 10.0. The zero-order chi connectivity index (χ0) is 12.4. The van der Waals surface area contributed by atoms with Crippen LogP contribution in [0.4, 0.5) is 5.69 Å². The smallest absolute Gasteiger partial charge is 0.0476 e. The first-order chi connectivity index (χ1) is 8.84. The highest BCUT2D eigenvalue weighted by Crippen LogP contribution is 2.26. The van der Waals surface area contributed by atoms with Crippen LogP contribution in [0.15, 0.2) is 67.4 Å². The first-order valence-electron chi connectivity index (χ1n) is 6.12. The number of fused-ring (bicyclic) bond motifs is 1. The molecule has 3 rings (SSSR count). The predicted octanol–water partition coefficient (Wildman–Crippen LogP) is 4.19. The molecule has 0 aromatic heterocycles. The average Bonchev–Trinajstić information content (AvgIpc) is 2.60. The number of nitrogens with zero attached hydrogens (tertiary/aromatic N) is 1. The quantitative estimate of drug-likeness (QED) is 0.713. The lowest BCUT2D eigenvalue weighted by Crippen LogP contribution is -2.16. The standard InChI is InChI=1S/C17H15N/c1-14-13-18(16-8-3-2-4-9-16)12-11-15-7-5-6-10-17(14)15/h2-12H,1,13H2. The number of para-hydroxylation sites is 1. The van der Waals surface area contributed by atoms with E-state index in [0.29, 0.717) is 0 Å². The molecule has 2 aromatic carbocycles. The molecular formula is C17H15N. The Kier molecular flexibility index (Phi) is 2.73. The highest BCUT2D eigenvalue weighted by molar-refractivity contribution is 5.79. The number of anilines is 1. The summed E-state index contributed by atoms with van der Waals surface area (Å²) in [4.78, 5) is 2.22. The summed E-state index contributed by atoms with van der Waals surface area (Å²) in [6.07, 6.45) is 4.28. The third kappa shape index (κ3) is 1.95. The van der Waals surface area contributed by atoms with E-state index in [2.05, 4.69) is 72.3 Å². The molecule has 1 nitrogen and oxygen atoms in total. The van der Waals surface area contributed by atoms with Crippen molar-refractivity contribution in [3.8, 4) is 0 Å². The van der Waals surface area contributed by atoms with Gasteiger partial charge in [-0.3, -0.25) is 0 Å². The Morgan fingerprint density at radius 3 is 2.44 bits per heavy atom. The van der Waals surface area contributed by atoms with Crippen LogP contribution in [0.3, 0.4) is 0 Å². The van der Waals surface area contributed by atoms with Crippen LogP contribution in [-0.4, -0.2) is 6.54 Å². The molecule has 1 aliphatic heterocycles. The van der Waals surface area contributed by atoms with Gasteiger partial charge in [0.1, 0.15) is 0 Å². The van der Waals surface area contributed by atoms with Gasteiger partial charge in [0.05, 0.1) is 0 Å². The van der Waals surface area contributed by atoms with Crippen molar-refractivity contribution in [1.29, 1.82) is 0 Å². The number of hydrogen-bond acceptors (Lipinski definition) is 1. The Labute approximate surface area is 108 Å². The van der Waals surface area contributed by atoms with E-state index in [9.17, 15) is 0 Å². The minimum atomic E-state index is 0.831. The van der Waals surface area contributed by atoms with E-state index in [-0.39, 0.29) is 0 Å². The molecule has 0 bridgehead atoms. The Morgan fingerprint density at radius 1 is 0.889 bits per heavy atom. The Morgan fingerprint density at radius 2 is 1.61 bits per heavy atom. The maximum absolute atomic E-state index is 4.21. The van der Waals surface area contributed by atoms with E-state index >= 15 is 0 Å². The molecule has 0 radical (unpaired) electrons. The lowest BCUT2D eigenvalue weighted by Gasteiger charge is -2.20. The topological polar surface area (TPSA) is 3.24 Å². The molecule has 0 saturated heterocycles. The molecule has 0 N–H and O–H groups in total. The van der Waals surface area contributed by atoms with E-state index in [4.69, 9.17) is 0 Å². The summed E-state index contributed by atoms with van der Waals surface area (Å²) < 4.78 is 0. The number of benzene rings is 2. The lowest BCUT2D eigenvalue weighted by molar-refractivity contribution is 1.12. The van der Waals surface area contributed by atoms with Crippen LogP contribution < -0.4 is 4.90 Å². The second-order valence-corrected chi connectivity index (χ2v) is 4.47. The fourth-order valence-electron chi connectivity index (χ4n) is 2.27. The molecule has 0 atom stereocenters. The van der Waals surface area contributed by atoms with Gasteiger partial charge in [0.2, 0.25) is 0 Å². The molecule has 2 aromatic rings. The molecule has 18 heavy (non-hydrogen) atoms. The largest absolute Gasteiger partial charge is 0.344 e. The summed E-state index contributed by atoms with van der Waals surface area (Å²) in [5, 5.41) is 0. The molecule has 0 saturated carbocycles. The maximum atomic E-state index is 4.21. The van der Waals surface area contributed by atoms with Gasteiger partial charge in [0, 0.05) is 18.4 Å². The molecule has 0 unspecified atom stereocenters. The van der Waals surface area contributed by atoms with Gasteiger partial charge in [-0.1, -0.05) is 49.0 Å². The summed E-state index contributed by atoms with van der Waals surface area (Å²) in [6.45, 7) is 5.04. The molecule has 0 spiro atoms. The van der Waals surface area contributed by atoms with Crippen LogP contribution >= 0.6 is 0 Å². The normalized spacial score (nSPS) is 14.2. The fourth-order valence-corrected chi connectivity index (χ4v) is 2.27. The van der Waals surface area contributed by atoms with E-state index in [1.165, 1.54) is 16.8 Å². The van der Waals surface area contributed by atoms with Gasteiger partial charge < -0.3 is 4.90 Å². The van der Waals surface area contributed by atoms with Crippen molar-refractivity contribution < 1.29 is 0 Å². The minimum Gasteiger partial charge on any atom is -0.344 e. The zero-order valence-electron chi connectivity index (χ0n) is 10.2. The third-order valence-corrected chi connectivity index (χ3v) is 3.22. The molecule has 0 fully saturated rings. The van der Waals surface area contributed by atoms with Crippen molar-refractivity contribution in [1.82, 2.24) is 0 Å². The maximum Gasteiger partial charge on any atom is 0.0476 e. The van der Waals surface area contributed by atoms with Crippen molar-refractivity contribution in [2.45, 2.75) is 0 Å². The summed E-state index contributed by atoms with van der Waals surface area (Å²) in [5.74, 6) is 0. The van der Waals surface area contributed by atoms with Gasteiger partial charge in [-0.05, 0) is 34.9 Å². The van der Waals surface area contributed by atoms with E-state index < -0.39 is 0 Å². The SMILES string of the molecule is C=C1CN(c2ccccc2)C=Cc2ccccc21. The van der Waals surface area contributed by atoms with E-state index in [0.717, 1.165) is 12.1 Å². The molecular weight excluding hydrogens is 218 g/mol. The van der Waals surface area contributed by atoms with Crippen molar-refractivity contribution in [2.24, 2.45) is 0 Å². The Bertz CT molecular complexity index is 596. The van der Waals surface area contributed by atoms with Crippen LogP contribution in [0.1, 0.15) is 11.1 Å². The van der Waals surface area contributed by atoms with Crippen LogP contribution in [0.5, 0.6) is 0 Å². The van der Waals surface area contributed by atoms with Crippen molar-refractivity contribution in [3.05, 3.63) is 78.5 Å². The summed E-state index contributed by atoms with van der Waals surface area (Å²) in [7, 11) is 0. The molecule has 1 aliphatic rings. The third-order valence-electron chi connectivity index (χ3n) is 3.22. The molecule has 1 heterocycles. The highest BCUT2D eigenvalue weighted by atomic mass is 15.1. The van der Waals surface area contributed by atoms with Gasteiger partial charge in [0.15, 0.2) is 0 Å². The second-order valence-electron chi connectivity index (χ2n) is 4.47. The van der Waals surface area contributed by atoms with Crippen LogP contribution in [-0.2, 0) is 0 Å². The van der Waals surface area contributed by atoms with Gasteiger partial charge in [0.25, 0.3) is 0 Å². The van der Waals surface area contributed by atoms with Gasteiger partial charge in [-0.15, -0.1) is 0 Å². The molecule has 88 valence electrons. The summed E-state index contributed by atoms with van der Waals surface area (Å²) in [6, 6.07) is 18.8. The Hall–Kier alpha value is -2.28. The first-order valence-corrected chi connectivity index (χ1v) is 6.12. The predicted molar refractivity (Wildman–Crippen MR) is 78.3 cm³/mol. The van der Waals surface area contributed by atoms with Crippen molar-refractivity contribution in [3.63, 3.8) is 0 Å². The summed E-state index contributed by atoms with van der Waals surface area (Å²) >= 11 is 0. The Balaban J connectivity index is 1.99. The van der Waals surface area contributed by atoms with E-state index in [1.807, 2.05) is 6.07 Å². The van der Waals surface area contributed by atoms with E-state index in [1.54, 1.807) is 0 Å². The van der Waals surface area contributed by atoms with Gasteiger partial charge >= 0.3 is 0 Å². The number of hydrogen-bond donors (Lipinski definition) is 0. The second kappa shape index (κ2) is 4.53. The van der Waals surface area contributed by atoms with Gasteiger partial charge in [-0.2, -0.15) is 0 Å². The van der Waals surface area contributed by atoms with Crippen molar-refractivity contribution in [2.75, 3.05) is 11.4 Å². The molecule has 0 amide bonds. The van der Waals surface area contributed by atoms with Crippen LogP contribution in [0.2, 0.25) is 0 Å². The van der Waals surface area contributed by atoms with Crippen LogP contribution in [0, 0.1) is 0 Å². The fraction of sp³-hybridized carbons (Fsp3) is 0.0588. The summed E-state index contributed by atoms with van der Waals surface area (Å²) in [5.41, 5.74) is 4.83. The van der Waals surface area contributed by atoms with Crippen molar-refractivity contribution >= 4 is 17.3 Å². The molecule has 0 aliphatic carbocycles. The zero-order valence-corrected chi connectivity index (χ0v) is 10.2. The monoisotopic (exact) mass is 233 g/mol. The minimum absolute atomic E-state index is 0.831. The average molecular weight is 233 g/mol. The highest BCUT2D eigenvalue weighted by Gasteiger charge is 2.12. The van der Waals surface area contributed by atoms with Crippen LogP contribution in [0.25, 0.3) is 11.6 Å². The number of rotatable bonds is 1. The molecule has 1 heteroatoms.